The Kier molecular flexibility index (Phi) is 5.78. The van der Waals surface area contributed by atoms with Gasteiger partial charge in [0.05, 0.1) is 7.11 Å². The minimum atomic E-state index is -3.52. The minimum absolute atomic E-state index is 0.194. The van der Waals surface area contributed by atoms with Crippen LogP contribution in [0.25, 0.3) is 0 Å². The van der Waals surface area contributed by atoms with Crippen molar-refractivity contribution in [2.45, 2.75) is 18.2 Å². The molecule has 0 bridgehead atoms. The van der Waals surface area contributed by atoms with Crippen molar-refractivity contribution in [3.05, 3.63) is 23.8 Å². The van der Waals surface area contributed by atoms with Crippen LogP contribution >= 0.6 is 0 Å². The first-order chi connectivity index (χ1) is 8.86. The minimum Gasteiger partial charge on any atom is -0.495 e. The Morgan fingerprint density at radius 2 is 2.00 bits per heavy atom. The van der Waals surface area contributed by atoms with Crippen LogP contribution in [0.3, 0.4) is 0 Å². The highest BCUT2D eigenvalue weighted by molar-refractivity contribution is 7.89. The lowest BCUT2D eigenvalue weighted by atomic mass is 10.2. The predicted molar refractivity (Wildman–Crippen MR) is 76.1 cm³/mol. The molecule has 1 aromatic rings. The number of benzene rings is 1. The lowest BCUT2D eigenvalue weighted by Gasteiger charge is -2.12. The van der Waals surface area contributed by atoms with Crippen molar-refractivity contribution in [1.29, 1.82) is 0 Å². The number of hydrogen-bond donors (Lipinski definition) is 1. The third-order valence-electron chi connectivity index (χ3n) is 2.68. The summed E-state index contributed by atoms with van der Waals surface area (Å²) in [6, 6.07) is 5.11. The smallest absolute Gasteiger partial charge is 0.244 e. The number of nitrogens with one attached hydrogen (secondary N) is 1. The van der Waals surface area contributed by atoms with Gasteiger partial charge >= 0.3 is 0 Å². The first kappa shape index (κ1) is 15.9. The first-order valence-corrected chi connectivity index (χ1v) is 7.64. The lowest BCUT2D eigenvalue weighted by molar-refractivity contribution is 0.397. The van der Waals surface area contributed by atoms with E-state index in [4.69, 9.17) is 4.74 Å². The Hall–Kier alpha value is -1.11. The summed E-state index contributed by atoms with van der Waals surface area (Å²) in [5.41, 5.74) is 0.884. The zero-order chi connectivity index (χ0) is 14.5. The largest absolute Gasteiger partial charge is 0.495 e. The topological polar surface area (TPSA) is 58.6 Å². The molecule has 6 heteroatoms. The van der Waals surface area contributed by atoms with E-state index >= 15 is 0 Å². The van der Waals surface area contributed by atoms with Crippen molar-refractivity contribution < 1.29 is 13.2 Å². The standard InChI is InChI=1S/C13H22N2O3S/c1-11-6-7-12(18-4)13(10-11)19(16,17)14-8-5-9-15(2)3/h6-7,10,14H,5,8-9H2,1-4H3. The predicted octanol–water partition coefficient (Wildman–Crippen LogP) is 1.23. The van der Waals surface area contributed by atoms with Crippen molar-refractivity contribution in [3.63, 3.8) is 0 Å². The van der Waals surface area contributed by atoms with Gasteiger partial charge in [-0.25, -0.2) is 13.1 Å². The summed E-state index contributed by atoms with van der Waals surface area (Å²) < 4.78 is 32.1. The van der Waals surface area contributed by atoms with E-state index in [1.807, 2.05) is 32.0 Å². The Morgan fingerprint density at radius 1 is 1.32 bits per heavy atom. The van der Waals surface area contributed by atoms with E-state index in [0.29, 0.717) is 12.3 Å². The molecule has 0 aromatic heterocycles. The zero-order valence-electron chi connectivity index (χ0n) is 11.9. The quantitative estimate of drug-likeness (QED) is 0.766. The Morgan fingerprint density at radius 3 is 2.58 bits per heavy atom. The summed E-state index contributed by atoms with van der Waals surface area (Å²) in [5, 5.41) is 0. The molecule has 0 fully saturated rings. The van der Waals surface area contributed by atoms with E-state index < -0.39 is 10.0 Å². The van der Waals surface area contributed by atoms with Crippen LogP contribution in [0.2, 0.25) is 0 Å². The Bertz CT molecular complexity index is 513. The third-order valence-corrected chi connectivity index (χ3v) is 4.17. The van der Waals surface area contributed by atoms with Gasteiger partial charge in [-0.3, -0.25) is 0 Å². The lowest BCUT2D eigenvalue weighted by Crippen LogP contribution is -2.27. The third kappa shape index (κ3) is 4.81. The number of ether oxygens (including phenoxy) is 1. The Balaban J connectivity index is 2.79. The molecular weight excluding hydrogens is 264 g/mol. The van der Waals surface area contributed by atoms with Gasteiger partial charge in [0.15, 0.2) is 0 Å². The van der Waals surface area contributed by atoms with Crippen molar-refractivity contribution >= 4 is 10.0 Å². The van der Waals surface area contributed by atoms with E-state index in [9.17, 15) is 8.42 Å². The van der Waals surface area contributed by atoms with E-state index in [0.717, 1.165) is 18.5 Å². The summed E-state index contributed by atoms with van der Waals surface area (Å²) >= 11 is 0. The molecule has 1 aromatic carbocycles. The molecule has 0 radical (unpaired) electrons. The molecule has 0 unspecified atom stereocenters. The molecular formula is C13H22N2O3S. The molecule has 108 valence electrons. The van der Waals surface area contributed by atoms with E-state index in [2.05, 4.69) is 4.72 Å². The SMILES string of the molecule is COc1ccc(C)cc1S(=O)(=O)NCCCN(C)C. The van der Waals surface area contributed by atoms with Crippen LogP contribution in [0, 0.1) is 6.92 Å². The fraction of sp³-hybridized carbons (Fsp3) is 0.538. The molecule has 0 spiro atoms. The second-order valence-electron chi connectivity index (χ2n) is 4.71. The van der Waals surface area contributed by atoms with E-state index in [1.54, 1.807) is 12.1 Å². The highest BCUT2D eigenvalue weighted by Gasteiger charge is 2.18. The summed E-state index contributed by atoms with van der Waals surface area (Å²) in [6.07, 6.45) is 0.764. The number of rotatable bonds is 7. The second kappa shape index (κ2) is 6.88. The van der Waals surface area contributed by atoms with Crippen LogP contribution < -0.4 is 9.46 Å². The van der Waals surface area contributed by atoms with Crippen LogP contribution in [0.15, 0.2) is 23.1 Å². The van der Waals surface area contributed by atoms with Crippen LogP contribution in [0.4, 0.5) is 0 Å². The van der Waals surface area contributed by atoms with Crippen molar-refractivity contribution in [3.8, 4) is 5.75 Å². The fourth-order valence-corrected chi connectivity index (χ4v) is 3.00. The molecule has 19 heavy (non-hydrogen) atoms. The molecule has 0 saturated heterocycles. The van der Waals surface area contributed by atoms with E-state index in [-0.39, 0.29) is 4.90 Å². The summed E-state index contributed by atoms with van der Waals surface area (Å²) in [7, 11) is 1.86. The van der Waals surface area contributed by atoms with E-state index in [1.165, 1.54) is 7.11 Å². The average Bonchev–Trinajstić information content (AvgIpc) is 2.34. The maximum absolute atomic E-state index is 12.2. The molecule has 0 aliphatic heterocycles. The van der Waals surface area contributed by atoms with Crippen LogP contribution in [0.1, 0.15) is 12.0 Å². The zero-order valence-corrected chi connectivity index (χ0v) is 12.8. The highest BCUT2D eigenvalue weighted by Crippen LogP contribution is 2.24. The molecule has 0 saturated carbocycles. The van der Waals surface area contributed by atoms with Gasteiger partial charge in [0.1, 0.15) is 10.6 Å². The summed E-state index contributed by atoms with van der Waals surface area (Å²) in [6.45, 7) is 3.11. The van der Waals surface area contributed by atoms with Gasteiger partial charge < -0.3 is 9.64 Å². The van der Waals surface area contributed by atoms with Crippen molar-refractivity contribution in [1.82, 2.24) is 9.62 Å². The van der Waals surface area contributed by atoms with Gasteiger partial charge in [0.25, 0.3) is 0 Å². The van der Waals surface area contributed by atoms with Gasteiger partial charge in [0, 0.05) is 6.54 Å². The van der Waals surface area contributed by atoms with Crippen LogP contribution in [0.5, 0.6) is 5.75 Å². The number of sulfonamides is 1. The molecule has 5 nitrogen and oxygen atoms in total. The fourth-order valence-electron chi connectivity index (χ4n) is 1.67. The van der Waals surface area contributed by atoms with Crippen LogP contribution in [-0.4, -0.2) is 47.6 Å². The number of aryl methyl sites for hydroxylation is 1. The molecule has 1 rings (SSSR count). The highest BCUT2D eigenvalue weighted by atomic mass is 32.2. The van der Waals surface area contributed by atoms with Gasteiger partial charge in [-0.15, -0.1) is 0 Å². The summed E-state index contributed by atoms with van der Waals surface area (Å²) in [5.74, 6) is 0.366. The maximum atomic E-state index is 12.2. The second-order valence-corrected chi connectivity index (χ2v) is 6.44. The molecule has 0 aliphatic carbocycles. The molecule has 0 aliphatic rings. The van der Waals surface area contributed by atoms with Gasteiger partial charge in [-0.2, -0.15) is 0 Å². The number of hydrogen-bond acceptors (Lipinski definition) is 4. The molecule has 1 N–H and O–H groups in total. The average molecular weight is 286 g/mol. The maximum Gasteiger partial charge on any atom is 0.244 e. The first-order valence-electron chi connectivity index (χ1n) is 6.16. The van der Waals surface area contributed by atoms with Gasteiger partial charge in [0.2, 0.25) is 10.0 Å². The number of nitrogens with zero attached hydrogens (tertiary/aromatic N) is 1. The molecule has 0 heterocycles. The normalized spacial score (nSPS) is 11.8. The molecule has 0 atom stereocenters. The van der Waals surface area contributed by atoms with Crippen molar-refractivity contribution in [2.24, 2.45) is 0 Å². The van der Waals surface area contributed by atoms with Crippen LogP contribution in [-0.2, 0) is 10.0 Å². The van der Waals surface area contributed by atoms with Gasteiger partial charge in [-0.1, -0.05) is 6.07 Å². The van der Waals surface area contributed by atoms with Crippen molar-refractivity contribution in [2.75, 3.05) is 34.3 Å². The molecule has 0 amide bonds. The summed E-state index contributed by atoms with van der Waals surface area (Å²) in [4.78, 5) is 2.21. The van der Waals surface area contributed by atoms with Gasteiger partial charge in [-0.05, 0) is 51.7 Å². The Labute approximate surface area is 115 Å². The number of methoxy groups -OCH3 is 1. The monoisotopic (exact) mass is 286 g/mol.